The lowest BCUT2D eigenvalue weighted by molar-refractivity contribution is 0.369. The van der Waals surface area contributed by atoms with Crippen LogP contribution in [0.2, 0.25) is 0 Å². The van der Waals surface area contributed by atoms with Gasteiger partial charge in [-0.2, -0.15) is 4.98 Å². The van der Waals surface area contributed by atoms with Gasteiger partial charge in [0.2, 0.25) is 11.7 Å². The summed E-state index contributed by atoms with van der Waals surface area (Å²) in [6, 6.07) is 10.5. The van der Waals surface area contributed by atoms with Gasteiger partial charge in [0.1, 0.15) is 5.69 Å². The number of nitrogens with zero attached hydrogens (tertiary/aromatic N) is 3. The summed E-state index contributed by atoms with van der Waals surface area (Å²) in [6.07, 6.45) is 3.50. The molecule has 5 nitrogen and oxygen atoms in total. The van der Waals surface area contributed by atoms with Crippen LogP contribution in [0, 0.1) is 0 Å². The summed E-state index contributed by atoms with van der Waals surface area (Å²) in [7, 11) is 1.95. The Hall–Kier alpha value is -2.27. The highest BCUT2D eigenvalue weighted by Gasteiger charge is 2.13. The van der Waals surface area contributed by atoms with E-state index >= 15 is 0 Å². The number of benzene rings is 1. The van der Waals surface area contributed by atoms with E-state index in [1.807, 2.05) is 31.3 Å². The largest absolute Gasteiger partial charge is 0.339 e. The van der Waals surface area contributed by atoms with Crippen molar-refractivity contribution >= 4 is 10.8 Å². The van der Waals surface area contributed by atoms with Crippen LogP contribution in [0.15, 0.2) is 41.1 Å². The van der Waals surface area contributed by atoms with Gasteiger partial charge in [0.25, 0.3) is 0 Å². The minimum Gasteiger partial charge on any atom is -0.339 e. The Labute approximate surface area is 123 Å². The van der Waals surface area contributed by atoms with Crippen LogP contribution >= 0.6 is 0 Å². The highest BCUT2D eigenvalue weighted by Crippen LogP contribution is 2.24. The molecule has 0 aliphatic carbocycles. The molecule has 0 aliphatic rings. The van der Waals surface area contributed by atoms with Gasteiger partial charge in [-0.15, -0.1) is 0 Å². The Morgan fingerprint density at radius 2 is 2.10 bits per heavy atom. The Balaban J connectivity index is 1.88. The second-order valence-electron chi connectivity index (χ2n) is 5.12. The van der Waals surface area contributed by atoms with Crippen molar-refractivity contribution in [2.75, 3.05) is 7.05 Å². The van der Waals surface area contributed by atoms with E-state index in [0.717, 1.165) is 29.3 Å². The molecular formula is C16H18N4O. The molecule has 1 aromatic carbocycles. The minimum atomic E-state index is 0.427. The zero-order valence-corrected chi connectivity index (χ0v) is 12.2. The molecule has 0 spiro atoms. The maximum Gasteiger partial charge on any atom is 0.227 e. The van der Waals surface area contributed by atoms with Crippen molar-refractivity contribution in [2.45, 2.75) is 25.8 Å². The average Bonchev–Trinajstić information content (AvgIpc) is 3.00. The molecule has 1 atom stereocenters. The fourth-order valence-electron chi connectivity index (χ4n) is 2.23. The molecule has 0 aliphatic heterocycles. The zero-order valence-electron chi connectivity index (χ0n) is 12.2. The van der Waals surface area contributed by atoms with Gasteiger partial charge in [0, 0.05) is 24.0 Å². The molecule has 0 saturated carbocycles. The number of nitrogens with one attached hydrogen (secondary N) is 1. The summed E-state index contributed by atoms with van der Waals surface area (Å²) in [5, 5.41) is 9.43. The molecule has 0 radical (unpaired) electrons. The summed E-state index contributed by atoms with van der Waals surface area (Å²) >= 11 is 0. The molecule has 0 fully saturated rings. The third kappa shape index (κ3) is 2.92. The molecule has 2 heterocycles. The Morgan fingerprint density at radius 3 is 2.95 bits per heavy atom. The summed E-state index contributed by atoms with van der Waals surface area (Å²) < 4.78 is 5.33. The van der Waals surface area contributed by atoms with E-state index in [9.17, 15) is 0 Å². The number of hydrogen-bond acceptors (Lipinski definition) is 5. The van der Waals surface area contributed by atoms with Crippen LogP contribution in [-0.4, -0.2) is 28.2 Å². The number of aromatic nitrogens is 3. The quantitative estimate of drug-likeness (QED) is 0.779. The minimum absolute atomic E-state index is 0.427. The molecule has 0 amide bonds. The standard InChI is InChI=1S/C16H18N4O/c1-11(17-2)7-8-14-19-16(20-21-14)15-13-6-4-3-5-12(13)9-10-18-15/h3-6,9-11,17H,7-8H2,1-2H3. The summed E-state index contributed by atoms with van der Waals surface area (Å²) in [5.74, 6) is 1.21. The molecular weight excluding hydrogens is 264 g/mol. The van der Waals surface area contributed by atoms with Crippen LogP contribution in [0.1, 0.15) is 19.2 Å². The summed E-state index contributed by atoms with van der Waals surface area (Å²) in [4.78, 5) is 8.87. The topological polar surface area (TPSA) is 63.8 Å². The molecule has 3 rings (SSSR count). The van der Waals surface area contributed by atoms with E-state index < -0.39 is 0 Å². The lowest BCUT2D eigenvalue weighted by Crippen LogP contribution is -2.21. The normalized spacial score (nSPS) is 12.7. The Kier molecular flexibility index (Phi) is 3.92. The van der Waals surface area contributed by atoms with Crippen LogP contribution in [-0.2, 0) is 6.42 Å². The van der Waals surface area contributed by atoms with Crippen LogP contribution in [0.25, 0.3) is 22.3 Å². The third-order valence-corrected chi connectivity index (χ3v) is 3.64. The van der Waals surface area contributed by atoms with Gasteiger partial charge in [-0.25, -0.2) is 0 Å². The highest BCUT2D eigenvalue weighted by molar-refractivity contribution is 5.92. The van der Waals surface area contributed by atoms with Crippen molar-refractivity contribution in [3.8, 4) is 11.5 Å². The van der Waals surface area contributed by atoms with Crippen LogP contribution in [0.3, 0.4) is 0 Å². The first-order valence-electron chi connectivity index (χ1n) is 7.12. The lowest BCUT2D eigenvalue weighted by Gasteiger charge is -2.06. The molecule has 2 aromatic heterocycles. The molecule has 0 saturated heterocycles. The molecule has 1 N–H and O–H groups in total. The predicted molar refractivity (Wildman–Crippen MR) is 81.9 cm³/mol. The molecule has 5 heteroatoms. The van der Waals surface area contributed by atoms with Crippen molar-refractivity contribution < 1.29 is 4.52 Å². The van der Waals surface area contributed by atoms with E-state index in [-0.39, 0.29) is 0 Å². The molecule has 3 aromatic rings. The fraction of sp³-hybridized carbons (Fsp3) is 0.312. The summed E-state index contributed by atoms with van der Waals surface area (Å²) in [6.45, 7) is 2.13. The Bertz CT molecular complexity index is 732. The zero-order chi connectivity index (χ0) is 14.7. The van der Waals surface area contributed by atoms with E-state index in [1.54, 1.807) is 6.20 Å². The highest BCUT2D eigenvalue weighted by atomic mass is 16.5. The maximum atomic E-state index is 5.33. The molecule has 0 bridgehead atoms. The van der Waals surface area contributed by atoms with Gasteiger partial charge >= 0.3 is 0 Å². The third-order valence-electron chi connectivity index (χ3n) is 3.64. The lowest BCUT2D eigenvalue weighted by atomic mass is 10.1. The number of aryl methyl sites for hydroxylation is 1. The first kappa shape index (κ1) is 13.7. The van der Waals surface area contributed by atoms with Gasteiger partial charge in [-0.1, -0.05) is 29.4 Å². The number of hydrogen-bond donors (Lipinski definition) is 1. The SMILES string of the molecule is CNC(C)CCc1nc(-c2nccc3ccccc23)no1. The predicted octanol–water partition coefficient (Wildman–Crippen LogP) is 2.83. The van der Waals surface area contributed by atoms with Gasteiger partial charge in [-0.3, -0.25) is 4.98 Å². The second-order valence-corrected chi connectivity index (χ2v) is 5.12. The van der Waals surface area contributed by atoms with E-state index in [0.29, 0.717) is 17.8 Å². The number of pyridine rings is 1. The van der Waals surface area contributed by atoms with Crippen molar-refractivity contribution in [1.82, 2.24) is 20.4 Å². The van der Waals surface area contributed by atoms with Gasteiger partial charge < -0.3 is 9.84 Å². The number of rotatable bonds is 5. The average molecular weight is 282 g/mol. The van der Waals surface area contributed by atoms with Crippen molar-refractivity contribution in [3.05, 3.63) is 42.4 Å². The van der Waals surface area contributed by atoms with E-state index in [4.69, 9.17) is 4.52 Å². The molecule has 21 heavy (non-hydrogen) atoms. The van der Waals surface area contributed by atoms with Crippen LogP contribution in [0.5, 0.6) is 0 Å². The fourth-order valence-corrected chi connectivity index (χ4v) is 2.23. The van der Waals surface area contributed by atoms with Crippen LogP contribution in [0.4, 0.5) is 0 Å². The Morgan fingerprint density at radius 1 is 1.24 bits per heavy atom. The monoisotopic (exact) mass is 282 g/mol. The van der Waals surface area contributed by atoms with Crippen molar-refractivity contribution in [1.29, 1.82) is 0 Å². The van der Waals surface area contributed by atoms with E-state index in [2.05, 4.69) is 33.4 Å². The van der Waals surface area contributed by atoms with E-state index in [1.165, 1.54) is 0 Å². The smallest absolute Gasteiger partial charge is 0.227 e. The van der Waals surface area contributed by atoms with Gasteiger partial charge in [-0.05, 0) is 31.8 Å². The number of fused-ring (bicyclic) bond motifs is 1. The van der Waals surface area contributed by atoms with Gasteiger partial charge in [0.15, 0.2) is 0 Å². The maximum absolute atomic E-state index is 5.33. The first-order chi connectivity index (χ1) is 10.3. The molecule has 1 unspecified atom stereocenters. The second kappa shape index (κ2) is 6.01. The summed E-state index contributed by atoms with van der Waals surface area (Å²) in [5.41, 5.74) is 0.768. The van der Waals surface area contributed by atoms with Crippen LogP contribution < -0.4 is 5.32 Å². The van der Waals surface area contributed by atoms with Gasteiger partial charge in [0.05, 0.1) is 0 Å². The molecule has 108 valence electrons. The van der Waals surface area contributed by atoms with Crippen molar-refractivity contribution in [3.63, 3.8) is 0 Å². The first-order valence-corrected chi connectivity index (χ1v) is 7.12. The van der Waals surface area contributed by atoms with Crippen molar-refractivity contribution in [2.24, 2.45) is 0 Å².